The number of amides is 1. The standard InChI is InChI=1S/C15H21FN2O/c1-11-7-13(10-17-9-11)15(19)18-6-5-12-3-2-4-14(16)8-12/h2-4,8,11,13,17H,5-7,9-10H2,1H3,(H,18,19). The van der Waals surface area contributed by atoms with E-state index in [0.29, 0.717) is 18.9 Å². The lowest BCUT2D eigenvalue weighted by Gasteiger charge is -2.26. The number of rotatable bonds is 4. The van der Waals surface area contributed by atoms with Gasteiger partial charge in [-0.3, -0.25) is 4.79 Å². The molecule has 1 saturated heterocycles. The van der Waals surface area contributed by atoms with Gasteiger partial charge in [0.2, 0.25) is 5.91 Å². The number of hydrogen-bond donors (Lipinski definition) is 2. The third kappa shape index (κ3) is 4.31. The van der Waals surface area contributed by atoms with Gasteiger partial charge in [-0.2, -0.15) is 0 Å². The average Bonchev–Trinajstić information content (AvgIpc) is 2.38. The van der Waals surface area contributed by atoms with Crippen LogP contribution in [-0.4, -0.2) is 25.5 Å². The zero-order chi connectivity index (χ0) is 13.7. The molecule has 0 aliphatic carbocycles. The predicted molar refractivity (Wildman–Crippen MR) is 73.3 cm³/mol. The van der Waals surface area contributed by atoms with Crippen molar-refractivity contribution in [3.05, 3.63) is 35.6 Å². The molecule has 0 aromatic heterocycles. The molecule has 19 heavy (non-hydrogen) atoms. The van der Waals surface area contributed by atoms with Crippen molar-refractivity contribution < 1.29 is 9.18 Å². The summed E-state index contributed by atoms with van der Waals surface area (Å²) in [7, 11) is 0. The van der Waals surface area contributed by atoms with Crippen molar-refractivity contribution in [2.45, 2.75) is 19.8 Å². The number of hydrogen-bond acceptors (Lipinski definition) is 2. The molecule has 2 N–H and O–H groups in total. The molecule has 0 spiro atoms. The smallest absolute Gasteiger partial charge is 0.224 e. The van der Waals surface area contributed by atoms with Gasteiger partial charge >= 0.3 is 0 Å². The maximum Gasteiger partial charge on any atom is 0.224 e. The first kappa shape index (κ1) is 14.0. The van der Waals surface area contributed by atoms with Crippen LogP contribution in [0.4, 0.5) is 4.39 Å². The predicted octanol–water partition coefficient (Wildman–Crippen LogP) is 1.73. The van der Waals surface area contributed by atoms with Crippen molar-refractivity contribution in [2.24, 2.45) is 11.8 Å². The molecule has 1 aromatic carbocycles. The SMILES string of the molecule is CC1CNCC(C(=O)NCCc2cccc(F)c2)C1. The molecule has 1 aliphatic heterocycles. The van der Waals surface area contributed by atoms with Gasteiger partial charge in [0.05, 0.1) is 5.92 Å². The second-order valence-electron chi connectivity index (χ2n) is 5.37. The summed E-state index contributed by atoms with van der Waals surface area (Å²) in [5, 5.41) is 6.21. The van der Waals surface area contributed by atoms with Gasteiger partial charge in [-0.1, -0.05) is 19.1 Å². The highest BCUT2D eigenvalue weighted by Crippen LogP contribution is 2.15. The van der Waals surface area contributed by atoms with Gasteiger partial charge in [0.1, 0.15) is 5.82 Å². The molecular formula is C15H21FN2O. The summed E-state index contributed by atoms with van der Waals surface area (Å²) in [5.74, 6) is 0.494. The van der Waals surface area contributed by atoms with E-state index in [-0.39, 0.29) is 17.6 Å². The monoisotopic (exact) mass is 264 g/mol. The first-order chi connectivity index (χ1) is 9.15. The Kier molecular flexibility index (Phi) is 4.91. The average molecular weight is 264 g/mol. The lowest BCUT2D eigenvalue weighted by molar-refractivity contribution is -0.125. The van der Waals surface area contributed by atoms with Crippen molar-refractivity contribution in [1.29, 1.82) is 0 Å². The van der Waals surface area contributed by atoms with Gasteiger partial charge in [-0.25, -0.2) is 4.39 Å². The minimum absolute atomic E-state index is 0.0660. The minimum atomic E-state index is -0.228. The van der Waals surface area contributed by atoms with Crippen LogP contribution in [0.15, 0.2) is 24.3 Å². The van der Waals surface area contributed by atoms with Crippen LogP contribution in [0.3, 0.4) is 0 Å². The number of carbonyl (C=O) groups excluding carboxylic acids is 1. The molecule has 1 aliphatic rings. The molecule has 3 nitrogen and oxygen atoms in total. The molecule has 4 heteroatoms. The Hall–Kier alpha value is -1.42. The summed E-state index contributed by atoms with van der Waals surface area (Å²) in [6.45, 7) is 4.47. The summed E-state index contributed by atoms with van der Waals surface area (Å²) >= 11 is 0. The Balaban J connectivity index is 1.74. The molecule has 2 rings (SSSR count). The topological polar surface area (TPSA) is 41.1 Å². The van der Waals surface area contributed by atoms with Gasteiger partial charge in [0.15, 0.2) is 0 Å². The first-order valence-electron chi connectivity index (χ1n) is 6.88. The quantitative estimate of drug-likeness (QED) is 0.869. The number of carbonyl (C=O) groups is 1. The summed E-state index contributed by atoms with van der Waals surface area (Å²) < 4.78 is 13.0. The van der Waals surface area contributed by atoms with Gasteiger partial charge in [-0.15, -0.1) is 0 Å². The first-order valence-corrected chi connectivity index (χ1v) is 6.88. The van der Waals surface area contributed by atoms with Crippen molar-refractivity contribution in [3.63, 3.8) is 0 Å². The lowest BCUT2D eigenvalue weighted by atomic mass is 9.91. The van der Waals surface area contributed by atoms with Gasteiger partial charge in [0, 0.05) is 13.1 Å². The van der Waals surface area contributed by atoms with Crippen LogP contribution < -0.4 is 10.6 Å². The fraction of sp³-hybridized carbons (Fsp3) is 0.533. The highest BCUT2D eigenvalue weighted by molar-refractivity contribution is 5.79. The Morgan fingerprint density at radius 3 is 3.05 bits per heavy atom. The molecule has 2 atom stereocenters. The van der Waals surface area contributed by atoms with Crippen molar-refractivity contribution in [2.75, 3.05) is 19.6 Å². The van der Waals surface area contributed by atoms with Crippen LogP contribution in [0.1, 0.15) is 18.9 Å². The zero-order valence-corrected chi connectivity index (χ0v) is 11.3. The van der Waals surface area contributed by atoms with E-state index in [1.807, 2.05) is 6.07 Å². The molecule has 2 unspecified atom stereocenters. The third-order valence-electron chi connectivity index (χ3n) is 3.54. The molecule has 1 amide bonds. The summed E-state index contributed by atoms with van der Waals surface area (Å²) in [6.07, 6.45) is 1.61. The normalized spacial score (nSPS) is 23.1. The maximum absolute atomic E-state index is 13.0. The fourth-order valence-electron chi connectivity index (χ4n) is 2.52. The molecule has 0 radical (unpaired) electrons. The molecular weight excluding hydrogens is 243 g/mol. The number of piperidine rings is 1. The van der Waals surface area contributed by atoms with Crippen LogP contribution >= 0.6 is 0 Å². The van der Waals surface area contributed by atoms with Crippen molar-refractivity contribution in [1.82, 2.24) is 10.6 Å². The Labute approximate surface area is 113 Å². The highest BCUT2D eigenvalue weighted by Gasteiger charge is 2.24. The number of halogens is 1. The van der Waals surface area contributed by atoms with E-state index in [1.54, 1.807) is 6.07 Å². The summed E-state index contributed by atoms with van der Waals surface area (Å²) in [6, 6.07) is 6.51. The van der Waals surface area contributed by atoms with E-state index in [9.17, 15) is 9.18 Å². The van der Waals surface area contributed by atoms with E-state index in [4.69, 9.17) is 0 Å². The summed E-state index contributed by atoms with van der Waals surface area (Å²) in [4.78, 5) is 12.0. The van der Waals surface area contributed by atoms with Gasteiger partial charge in [0.25, 0.3) is 0 Å². The van der Waals surface area contributed by atoms with Crippen LogP contribution in [0, 0.1) is 17.7 Å². The van der Waals surface area contributed by atoms with Gasteiger partial charge < -0.3 is 10.6 Å². The summed E-state index contributed by atoms with van der Waals surface area (Å²) in [5.41, 5.74) is 0.912. The Morgan fingerprint density at radius 1 is 1.47 bits per heavy atom. The van der Waals surface area contributed by atoms with Crippen LogP contribution in [0.2, 0.25) is 0 Å². The second kappa shape index (κ2) is 6.66. The molecule has 0 bridgehead atoms. The maximum atomic E-state index is 13.0. The van der Waals surface area contributed by atoms with E-state index >= 15 is 0 Å². The lowest BCUT2D eigenvalue weighted by Crippen LogP contribution is -2.43. The minimum Gasteiger partial charge on any atom is -0.355 e. The van der Waals surface area contributed by atoms with E-state index in [1.165, 1.54) is 12.1 Å². The second-order valence-corrected chi connectivity index (χ2v) is 5.37. The van der Waals surface area contributed by atoms with Crippen LogP contribution in [0.5, 0.6) is 0 Å². The third-order valence-corrected chi connectivity index (χ3v) is 3.54. The molecule has 104 valence electrons. The Bertz CT molecular complexity index is 436. The number of benzene rings is 1. The molecule has 0 saturated carbocycles. The van der Waals surface area contributed by atoms with E-state index in [0.717, 1.165) is 25.1 Å². The fourth-order valence-corrected chi connectivity index (χ4v) is 2.52. The molecule has 1 heterocycles. The molecule has 1 aromatic rings. The molecule has 1 fully saturated rings. The van der Waals surface area contributed by atoms with E-state index in [2.05, 4.69) is 17.6 Å². The van der Waals surface area contributed by atoms with E-state index < -0.39 is 0 Å². The van der Waals surface area contributed by atoms with Crippen LogP contribution in [0.25, 0.3) is 0 Å². The zero-order valence-electron chi connectivity index (χ0n) is 11.3. The number of nitrogens with one attached hydrogen (secondary N) is 2. The Morgan fingerprint density at radius 2 is 2.32 bits per heavy atom. The highest BCUT2D eigenvalue weighted by atomic mass is 19.1. The largest absolute Gasteiger partial charge is 0.355 e. The van der Waals surface area contributed by atoms with Crippen LogP contribution in [-0.2, 0) is 11.2 Å². The van der Waals surface area contributed by atoms with Crippen molar-refractivity contribution in [3.8, 4) is 0 Å². The van der Waals surface area contributed by atoms with Gasteiger partial charge in [-0.05, 0) is 43.0 Å². The van der Waals surface area contributed by atoms with Crippen molar-refractivity contribution >= 4 is 5.91 Å².